The Balaban J connectivity index is 0.000000280. The van der Waals surface area contributed by atoms with E-state index in [1.807, 2.05) is 12.1 Å². The van der Waals surface area contributed by atoms with E-state index in [9.17, 15) is 10.2 Å². The van der Waals surface area contributed by atoms with Crippen molar-refractivity contribution in [2.75, 3.05) is 14.1 Å². The molecule has 0 aliphatic heterocycles. The molecule has 2 saturated carbocycles. The maximum absolute atomic E-state index is 12.1. The number of rotatable bonds is 6. The molecular weight excluding hydrogens is 558 g/mol. The number of hydrogen-bond acceptors (Lipinski definition) is 4. The van der Waals surface area contributed by atoms with Gasteiger partial charge in [-0.1, -0.05) is 116 Å². The minimum absolute atomic E-state index is 0. The molecule has 0 aromatic heterocycles. The van der Waals surface area contributed by atoms with Crippen LogP contribution in [0.5, 0.6) is 11.5 Å². The average Bonchev–Trinajstić information content (AvgIpc) is 2.91. The summed E-state index contributed by atoms with van der Waals surface area (Å²) in [6, 6.07) is 13.0. The summed E-state index contributed by atoms with van der Waals surface area (Å²) in [5.41, 5.74) is 4.61. The van der Waals surface area contributed by atoms with E-state index in [1.165, 1.54) is 75.3 Å². The van der Waals surface area contributed by atoms with Crippen molar-refractivity contribution in [1.29, 1.82) is 0 Å². The third-order valence-corrected chi connectivity index (χ3v) is 9.09. The summed E-state index contributed by atoms with van der Waals surface area (Å²) in [6.07, 6.45) is 13.2. The molecule has 0 N–H and O–H groups in total. The fourth-order valence-electron chi connectivity index (χ4n) is 6.18. The van der Waals surface area contributed by atoms with E-state index in [0.717, 1.165) is 24.2 Å². The molecule has 0 spiro atoms. The number of benzene rings is 2. The maximum Gasteiger partial charge on any atom is 2.00 e. The molecule has 0 radical (unpaired) electrons. The fourth-order valence-corrected chi connectivity index (χ4v) is 6.18. The van der Waals surface area contributed by atoms with E-state index >= 15 is 0 Å². The van der Waals surface area contributed by atoms with Gasteiger partial charge < -0.3 is 10.2 Å². The number of nitrogens with zero attached hydrogens (tertiary/aromatic N) is 2. The normalized spacial score (nSPS) is 17.2. The van der Waals surface area contributed by atoms with Crippen LogP contribution in [-0.4, -0.2) is 36.0 Å². The quantitative estimate of drug-likeness (QED) is 0.314. The van der Waals surface area contributed by atoms with Crippen molar-refractivity contribution in [2.45, 2.75) is 142 Å². The van der Waals surface area contributed by atoms with Crippen molar-refractivity contribution < 1.29 is 29.7 Å². The van der Waals surface area contributed by atoms with Gasteiger partial charge in [0.2, 0.25) is 0 Å². The first-order valence-corrected chi connectivity index (χ1v) is 15.8. The van der Waals surface area contributed by atoms with Gasteiger partial charge >= 0.3 is 19.5 Å². The Morgan fingerprint density at radius 2 is 0.902 bits per heavy atom. The Hall–Kier alpha value is -1.42. The first kappa shape index (κ1) is 35.8. The Labute approximate surface area is 264 Å². The SMILES string of the molecule is CN(Cc1cc(C(C)(C)C)ccc1[O-])C1CCCCC1.CN(Cc1cc(C(C)(C)C)ccc1[O-])C1CCCCC1.[Zn+2]. The zero-order chi connectivity index (χ0) is 29.5. The van der Waals surface area contributed by atoms with E-state index in [1.54, 1.807) is 12.1 Å². The van der Waals surface area contributed by atoms with Gasteiger partial charge in [0.1, 0.15) is 0 Å². The molecule has 2 fully saturated rings. The molecule has 2 aliphatic rings. The Kier molecular flexibility index (Phi) is 13.9. The van der Waals surface area contributed by atoms with Crippen LogP contribution < -0.4 is 10.2 Å². The van der Waals surface area contributed by atoms with E-state index < -0.39 is 0 Å². The third kappa shape index (κ3) is 11.0. The van der Waals surface area contributed by atoms with Crippen molar-refractivity contribution in [3.8, 4) is 11.5 Å². The van der Waals surface area contributed by atoms with Gasteiger partial charge in [0.15, 0.2) is 0 Å². The van der Waals surface area contributed by atoms with Crippen LogP contribution in [0.1, 0.15) is 128 Å². The van der Waals surface area contributed by atoms with Gasteiger partial charge in [0.25, 0.3) is 0 Å². The van der Waals surface area contributed by atoms with Crippen molar-refractivity contribution >= 4 is 0 Å². The minimum Gasteiger partial charge on any atom is -0.872 e. The summed E-state index contributed by atoms with van der Waals surface area (Å²) < 4.78 is 0. The third-order valence-electron chi connectivity index (χ3n) is 9.09. The molecule has 0 saturated heterocycles. The van der Waals surface area contributed by atoms with Crippen LogP contribution in [0.4, 0.5) is 0 Å². The summed E-state index contributed by atoms with van der Waals surface area (Å²) in [6.45, 7) is 14.7. The second-order valence-electron chi connectivity index (χ2n) is 14.6. The van der Waals surface area contributed by atoms with E-state index in [0.29, 0.717) is 12.1 Å². The molecule has 4 rings (SSSR count). The van der Waals surface area contributed by atoms with Crippen LogP contribution in [0.15, 0.2) is 36.4 Å². The molecule has 41 heavy (non-hydrogen) atoms. The van der Waals surface area contributed by atoms with Crippen LogP contribution in [0.3, 0.4) is 0 Å². The molecule has 5 heteroatoms. The number of hydrogen-bond donors (Lipinski definition) is 0. The predicted molar refractivity (Wildman–Crippen MR) is 166 cm³/mol. The first-order chi connectivity index (χ1) is 18.8. The average molecular weight is 614 g/mol. The first-order valence-electron chi connectivity index (χ1n) is 15.8. The summed E-state index contributed by atoms with van der Waals surface area (Å²) in [7, 11) is 4.33. The van der Waals surface area contributed by atoms with Crippen molar-refractivity contribution in [3.05, 3.63) is 58.7 Å². The standard InChI is InChI=1S/2C18H29NO.Zn/c2*1-18(2,3)15-10-11-17(20)14(12-15)13-19(4)16-8-6-5-7-9-16;/h2*10-12,16,20H,5-9,13H2,1-4H3;/q;;+2/p-2. The van der Waals surface area contributed by atoms with Crippen molar-refractivity contribution in [3.63, 3.8) is 0 Å². The van der Waals surface area contributed by atoms with Gasteiger partial charge in [-0.15, -0.1) is 11.5 Å². The van der Waals surface area contributed by atoms with Crippen LogP contribution in [0.25, 0.3) is 0 Å². The van der Waals surface area contributed by atoms with Gasteiger partial charge in [-0.3, -0.25) is 9.80 Å². The van der Waals surface area contributed by atoms with Gasteiger partial charge in [0, 0.05) is 25.2 Å². The smallest absolute Gasteiger partial charge is 0.872 e. The molecule has 2 aromatic rings. The van der Waals surface area contributed by atoms with E-state index in [-0.39, 0.29) is 41.8 Å². The fraction of sp³-hybridized carbons (Fsp3) is 0.667. The van der Waals surface area contributed by atoms with Gasteiger partial charge in [-0.25, -0.2) is 0 Å². The molecule has 2 aliphatic carbocycles. The summed E-state index contributed by atoms with van der Waals surface area (Å²) in [5, 5.41) is 24.2. The molecule has 0 unspecified atom stereocenters. The minimum atomic E-state index is 0. The molecule has 0 atom stereocenters. The van der Waals surface area contributed by atoms with Gasteiger partial charge in [-0.05, 0) is 72.9 Å². The van der Waals surface area contributed by atoms with E-state index in [2.05, 4.69) is 77.6 Å². The van der Waals surface area contributed by atoms with Crippen LogP contribution >= 0.6 is 0 Å². The van der Waals surface area contributed by atoms with Gasteiger partial charge in [0.05, 0.1) is 0 Å². The van der Waals surface area contributed by atoms with Crippen LogP contribution in [-0.2, 0) is 43.4 Å². The molecule has 0 amide bonds. The zero-order valence-electron chi connectivity index (χ0n) is 27.5. The summed E-state index contributed by atoms with van der Waals surface area (Å²) in [4.78, 5) is 4.75. The largest absolute Gasteiger partial charge is 2.00 e. The Morgan fingerprint density at radius 1 is 0.585 bits per heavy atom. The topological polar surface area (TPSA) is 52.6 Å². The van der Waals surface area contributed by atoms with Crippen LogP contribution in [0.2, 0.25) is 0 Å². The molecule has 2 aromatic carbocycles. The second kappa shape index (κ2) is 15.9. The molecule has 0 heterocycles. The zero-order valence-corrected chi connectivity index (χ0v) is 30.5. The van der Waals surface area contributed by atoms with Gasteiger partial charge in [-0.2, -0.15) is 0 Å². The molecular formula is C36H56N2O2Zn. The van der Waals surface area contributed by atoms with E-state index in [4.69, 9.17) is 0 Å². The predicted octanol–water partition coefficient (Wildman–Crippen LogP) is 7.64. The van der Waals surface area contributed by atoms with Crippen LogP contribution in [0, 0.1) is 0 Å². The second-order valence-corrected chi connectivity index (χ2v) is 14.6. The van der Waals surface area contributed by atoms with Crippen molar-refractivity contribution in [1.82, 2.24) is 9.80 Å². The molecule has 224 valence electrons. The Bertz CT molecular complexity index is 975. The molecule has 4 nitrogen and oxygen atoms in total. The summed E-state index contributed by atoms with van der Waals surface area (Å²) in [5.74, 6) is 0.362. The Morgan fingerprint density at radius 3 is 1.20 bits per heavy atom. The maximum atomic E-state index is 12.1. The van der Waals surface area contributed by atoms with Crippen molar-refractivity contribution in [2.24, 2.45) is 0 Å². The molecule has 0 bridgehead atoms. The monoisotopic (exact) mass is 612 g/mol. The summed E-state index contributed by atoms with van der Waals surface area (Å²) >= 11 is 0.